The zero-order valence-electron chi connectivity index (χ0n) is 33.0. The number of piperazine rings is 1. The van der Waals surface area contributed by atoms with E-state index in [0.29, 0.717) is 61.6 Å². The number of fused-ring (bicyclic) bond motifs is 3. The van der Waals surface area contributed by atoms with Crippen LogP contribution in [0.15, 0.2) is 54.7 Å². The van der Waals surface area contributed by atoms with Gasteiger partial charge in [0.1, 0.15) is 30.0 Å². The highest BCUT2D eigenvalue weighted by atomic mass is 32.1. The molecule has 6 aliphatic rings. The fourth-order valence-corrected chi connectivity index (χ4v) is 9.83. The van der Waals surface area contributed by atoms with Crippen LogP contribution in [0.4, 0.5) is 35.9 Å². The van der Waals surface area contributed by atoms with Crippen molar-refractivity contribution in [3.8, 4) is 11.8 Å². The summed E-state index contributed by atoms with van der Waals surface area (Å²) in [6.07, 6.45) is 1.46. The monoisotopic (exact) mass is 845 g/mol. The Morgan fingerprint density at radius 3 is 2.45 bits per heavy atom. The summed E-state index contributed by atoms with van der Waals surface area (Å²) < 4.78 is 47.9. The number of nitrogens with zero attached hydrogens (tertiary/aromatic N) is 6. The average molecular weight is 846 g/mol. The van der Waals surface area contributed by atoms with Crippen LogP contribution in [0.1, 0.15) is 68.7 Å². The highest BCUT2D eigenvalue weighted by Gasteiger charge is 2.60. The fourth-order valence-electron chi connectivity index (χ4n) is 9.24. The maximum Gasteiger partial charge on any atom is 0.419 e. The van der Waals surface area contributed by atoms with Gasteiger partial charge in [-0.05, 0) is 93.0 Å². The zero-order valence-corrected chi connectivity index (χ0v) is 33.9. The van der Waals surface area contributed by atoms with Gasteiger partial charge in [-0.2, -0.15) is 18.4 Å². The summed E-state index contributed by atoms with van der Waals surface area (Å²) in [5, 5.41) is 17.7. The number of anilines is 4. The molecule has 2 aromatic carbocycles. The highest BCUT2D eigenvalue weighted by molar-refractivity contribution is 7.81. The number of hydrogen-bond acceptors (Lipinski definition) is 12. The number of nitrogens with one attached hydrogen (secondary N) is 3. The molecule has 1 aromatic heterocycles. The number of hydrogen-bond donors (Lipinski definition) is 4. The first-order valence-corrected chi connectivity index (χ1v) is 20.8. The number of nitriles is 1. The first-order valence-electron chi connectivity index (χ1n) is 20.3. The van der Waals surface area contributed by atoms with Crippen molar-refractivity contribution < 1.29 is 37.1 Å². The van der Waals surface area contributed by atoms with Gasteiger partial charge in [-0.3, -0.25) is 39.2 Å². The molecule has 14 nitrogen and oxygen atoms in total. The van der Waals surface area contributed by atoms with Gasteiger partial charge in [0.2, 0.25) is 17.7 Å². The normalized spacial score (nSPS) is 24.0. The van der Waals surface area contributed by atoms with E-state index in [9.17, 15) is 37.6 Å². The van der Waals surface area contributed by atoms with E-state index >= 15 is 0 Å². The summed E-state index contributed by atoms with van der Waals surface area (Å²) in [6, 6.07) is 15.2. The lowest BCUT2D eigenvalue weighted by Crippen LogP contribution is -2.63. The van der Waals surface area contributed by atoms with E-state index in [1.54, 1.807) is 18.2 Å². The number of rotatable bonds is 12. The smallest absolute Gasteiger partial charge is 0.419 e. The molecule has 4 amide bonds. The molecule has 6 heterocycles. The van der Waals surface area contributed by atoms with Gasteiger partial charge in [0.25, 0.3) is 5.91 Å². The number of thiol groups is 1. The van der Waals surface area contributed by atoms with Crippen LogP contribution >= 0.6 is 12.6 Å². The second kappa shape index (κ2) is 16.6. The second-order valence-electron chi connectivity index (χ2n) is 16.1. The first-order chi connectivity index (χ1) is 28.8. The second-order valence-corrected chi connectivity index (χ2v) is 16.5. The van der Waals surface area contributed by atoms with Gasteiger partial charge in [-0.1, -0.05) is 13.0 Å². The van der Waals surface area contributed by atoms with E-state index < -0.39 is 34.5 Å². The van der Waals surface area contributed by atoms with Crippen molar-refractivity contribution >= 4 is 59.0 Å². The van der Waals surface area contributed by atoms with Crippen molar-refractivity contribution in [2.75, 3.05) is 53.2 Å². The van der Waals surface area contributed by atoms with Crippen LogP contribution < -0.4 is 30.5 Å². The van der Waals surface area contributed by atoms with Gasteiger partial charge in [-0.25, -0.2) is 4.98 Å². The van der Waals surface area contributed by atoms with Crippen molar-refractivity contribution in [1.82, 2.24) is 20.1 Å². The molecule has 9 rings (SSSR count). The van der Waals surface area contributed by atoms with Crippen LogP contribution in [0.3, 0.4) is 0 Å². The Kier molecular flexibility index (Phi) is 11.4. The van der Waals surface area contributed by atoms with E-state index in [1.165, 1.54) is 11.0 Å². The number of aryl methyl sites for hydroxylation is 1. The molecule has 5 saturated heterocycles. The Hall–Kier alpha value is -5.38. The highest BCUT2D eigenvalue weighted by Crippen LogP contribution is 2.51. The Labute approximate surface area is 350 Å². The lowest BCUT2D eigenvalue weighted by atomic mass is 9.75. The lowest BCUT2D eigenvalue weighted by Gasteiger charge is -2.51. The number of piperidine rings is 3. The van der Waals surface area contributed by atoms with E-state index in [-0.39, 0.29) is 54.4 Å². The molecule has 0 radical (unpaired) electrons. The first kappa shape index (κ1) is 41.4. The third kappa shape index (κ3) is 7.97. The summed E-state index contributed by atoms with van der Waals surface area (Å²) in [7, 11) is 0. The zero-order chi connectivity index (χ0) is 42.3. The van der Waals surface area contributed by atoms with Gasteiger partial charge in [0.05, 0.1) is 24.0 Å². The molecule has 1 spiro atoms. The summed E-state index contributed by atoms with van der Waals surface area (Å²) in [5.41, 5.74) is -0.986. The van der Waals surface area contributed by atoms with Crippen molar-refractivity contribution in [2.45, 2.75) is 93.6 Å². The molecule has 60 heavy (non-hydrogen) atoms. The van der Waals surface area contributed by atoms with Gasteiger partial charge in [-0.15, -0.1) is 12.6 Å². The van der Waals surface area contributed by atoms with Gasteiger partial charge < -0.3 is 20.3 Å². The van der Waals surface area contributed by atoms with Gasteiger partial charge in [0.15, 0.2) is 11.2 Å². The van der Waals surface area contributed by atoms with Crippen LogP contribution in [0.5, 0.6) is 5.75 Å². The van der Waals surface area contributed by atoms with Crippen molar-refractivity contribution in [2.24, 2.45) is 0 Å². The lowest BCUT2D eigenvalue weighted by molar-refractivity contribution is -0.138. The van der Waals surface area contributed by atoms with Gasteiger partial charge >= 0.3 is 6.18 Å². The summed E-state index contributed by atoms with van der Waals surface area (Å²) in [6.45, 7) is 5.00. The van der Waals surface area contributed by atoms with E-state index in [0.717, 1.165) is 50.2 Å². The number of imide groups is 1. The Morgan fingerprint density at radius 2 is 1.78 bits per heavy atom. The molecule has 5 aliphatic heterocycles. The summed E-state index contributed by atoms with van der Waals surface area (Å²) >= 11 is 4.80. The summed E-state index contributed by atoms with van der Waals surface area (Å²) in [4.78, 5) is 62.4. The number of halogens is 3. The predicted molar refractivity (Wildman–Crippen MR) is 219 cm³/mol. The van der Waals surface area contributed by atoms with E-state index in [2.05, 4.69) is 30.7 Å². The van der Waals surface area contributed by atoms with Crippen molar-refractivity contribution in [1.29, 1.82) is 5.26 Å². The molecule has 3 N–H and O–H groups in total. The maximum absolute atomic E-state index is 14.0. The number of carbonyl (C=O) groups excluding carboxylic acids is 4. The topological polar surface area (TPSA) is 163 Å². The third-order valence-electron chi connectivity index (χ3n) is 12.5. The Morgan fingerprint density at radius 1 is 1.03 bits per heavy atom. The Bertz CT molecular complexity index is 2230. The average Bonchev–Trinajstić information content (AvgIpc) is 3.45. The Balaban J connectivity index is 0.863. The number of pyridine rings is 1. The quantitative estimate of drug-likeness (QED) is 0.145. The minimum absolute atomic E-state index is 0.0718. The number of aromatic nitrogens is 1. The van der Waals surface area contributed by atoms with Crippen molar-refractivity contribution in [3.63, 3.8) is 0 Å². The van der Waals surface area contributed by atoms with E-state index in [4.69, 9.17) is 17.4 Å². The third-order valence-corrected chi connectivity index (χ3v) is 12.9. The number of benzene rings is 2. The molecule has 4 atom stereocenters. The molecule has 1 unspecified atom stereocenters. The molecule has 18 heteroatoms. The minimum atomic E-state index is -4.83. The molecular formula is C42H46F3N9O5S. The number of amides is 4. The van der Waals surface area contributed by atoms with Crippen LogP contribution in [0.25, 0.3) is 0 Å². The molecule has 1 saturated carbocycles. The maximum atomic E-state index is 14.0. The molecule has 2 bridgehead atoms. The largest absolute Gasteiger partial charge is 0.492 e. The summed E-state index contributed by atoms with van der Waals surface area (Å²) in [5.74, 6) is -0.399. The SMILES string of the molecule is CCc1cc(N2[C@@H](S)N(c3cnc(C#N)c(C(F)(F)F)c3)C(=O)C23CCC3)ccc1OCCN1C[C@H]2CC[C@@H]1CN2CC(=O)Nc1cccc(NC2CCC(=O)NC2=O)c1. The molecular weight excluding hydrogens is 800 g/mol. The predicted octanol–water partition coefficient (Wildman–Crippen LogP) is 4.91. The number of alkyl halides is 3. The minimum Gasteiger partial charge on any atom is -0.492 e. The van der Waals surface area contributed by atoms with Gasteiger partial charge in [0, 0.05) is 55.2 Å². The molecule has 316 valence electrons. The van der Waals surface area contributed by atoms with Crippen LogP contribution in [-0.2, 0) is 31.8 Å². The number of carbonyl (C=O) groups is 4. The van der Waals surface area contributed by atoms with Crippen LogP contribution in [0, 0.1) is 11.3 Å². The van der Waals surface area contributed by atoms with Crippen LogP contribution in [0.2, 0.25) is 0 Å². The molecule has 1 aliphatic carbocycles. The van der Waals surface area contributed by atoms with E-state index in [1.807, 2.05) is 36.1 Å². The number of ether oxygens (including phenoxy) is 1. The standard InChI is InChI=1S/C42H46F3N9O5S/c1-2-25-17-28(54-40(60)53(39(58)41(54)13-4-14-41)31-19-32(42(43,44)45)34(20-46)47-21-31)9-11-35(25)59-16-15-51-22-30-8-7-29(51)23-52(30)24-37(56)49-27-6-3-5-26(18-27)48-33-10-12-36(55)50-38(33)57/h3,5-6,9,11,17-19,21,29-30,33,40,48,60H,2,4,7-8,10,12-16,22-24H2,1H3,(H,49,56)(H,50,55,57)/t29-,30-,33?,40+/m1/s1. The van der Waals surface area contributed by atoms with Crippen molar-refractivity contribution in [3.05, 3.63) is 71.5 Å². The fraction of sp³-hybridized carbons (Fsp3) is 0.476. The molecule has 6 fully saturated rings. The van der Waals surface area contributed by atoms with Crippen LogP contribution in [-0.4, -0.2) is 100 Å². The molecule has 3 aromatic rings.